The second-order valence-electron chi connectivity index (χ2n) is 5.44. The molecule has 2 aliphatic heterocycles. The van der Waals surface area contributed by atoms with Crippen molar-refractivity contribution in [2.24, 2.45) is 4.99 Å². The average molecular weight is 429 g/mol. The molecule has 0 spiro atoms. The molecule has 124 valence electrons. The van der Waals surface area contributed by atoms with Crippen molar-refractivity contribution < 1.29 is 9.47 Å². The van der Waals surface area contributed by atoms with Crippen molar-refractivity contribution in [3.05, 3.63) is 0 Å². The molecule has 1 atom stereocenters. The second-order valence-corrected chi connectivity index (χ2v) is 6.72. The first-order valence-corrected chi connectivity index (χ1v) is 8.69. The summed E-state index contributed by atoms with van der Waals surface area (Å²) in [5.74, 6) is 0.875. The lowest BCUT2D eigenvalue weighted by atomic mass is 9.99. The van der Waals surface area contributed by atoms with Crippen LogP contribution in [0.2, 0.25) is 0 Å². The van der Waals surface area contributed by atoms with Crippen LogP contribution in [0.1, 0.15) is 25.7 Å². The first-order chi connectivity index (χ1) is 9.78. The SMILES string of the molecule is CN=C(NCC1CCCO1)NCC1(SC)CCOCC1.I. The van der Waals surface area contributed by atoms with E-state index in [0.717, 1.165) is 58.1 Å². The molecule has 7 heteroatoms. The topological polar surface area (TPSA) is 54.9 Å². The average Bonchev–Trinajstić information content (AvgIpc) is 3.02. The van der Waals surface area contributed by atoms with E-state index in [1.54, 1.807) is 0 Å². The molecule has 2 aliphatic rings. The van der Waals surface area contributed by atoms with Gasteiger partial charge in [0.2, 0.25) is 0 Å². The molecule has 2 heterocycles. The molecule has 0 amide bonds. The third-order valence-corrected chi connectivity index (χ3v) is 5.58. The van der Waals surface area contributed by atoms with Crippen molar-refractivity contribution in [1.82, 2.24) is 10.6 Å². The Kier molecular flexibility index (Phi) is 9.31. The monoisotopic (exact) mass is 429 g/mol. The maximum Gasteiger partial charge on any atom is 0.191 e. The molecule has 0 aliphatic carbocycles. The number of ether oxygens (including phenoxy) is 2. The van der Waals surface area contributed by atoms with Crippen LogP contribution in [-0.2, 0) is 9.47 Å². The molecule has 1 unspecified atom stereocenters. The van der Waals surface area contributed by atoms with E-state index in [1.165, 1.54) is 6.42 Å². The van der Waals surface area contributed by atoms with E-state index in [0.29, 0.717) is 6.10 Å². The van der Waals surface area contributed by atoms with Crippen LogP contribution in [0, 0.1) is 0 Å². The van der Waals surface area contributed by atoms with Gasteiger partial charge in [0.15, 0.2) is 5.96 Å². The van der Waals surface area contributed by atoms with Gasteiger partial charge in [-0.15, -0.1) is 24.0 Å². The highest BCUT2D eigenvalue weighted by Gasteiger charge is 2.31. The van der Waals surface area contributed by atoms with Crippen LogP contribution in [-0.4, -0.2) is 63.0 Å². The quantitative estimate of drug-likeness (QED) is 0.397. The highest BCUT2D eigenvalue weighted by molar-refractivity contribution is 14.0. The third-order valence-electron chi connectivity index (χ3n) is 4.16. The first kappa shape index (κ1) is 19.3. The highest BCUT2D eigenvalue weighted by Crippen LogP contribution is 2.32. The molecular formula is C14H28IN3O2S. The number of rotatable bonds is 5. The highest BCUT2D eigenvalue weighted by atomic mass is 127. The minimum Gasteiger partial charge on any atom is -0.381 e. The van der Waals surface area contributed by atoms with Gasteiger partial charge in [-0.05, 0) is 31.9 Å². The predicted molar refractivity (Wildman–Crippen MR) is 100 cm³/mol. The van der Waals surface area contributed by atoms with Crippen molar-refractivity contribution in [3.63, 3.8) is 0 Å². The Morgan fingerprint density at radius 1 is 1.29 bits per heavy atom. The standard InChI is InChI=1S/C14H27N3O2S.HI/c1-15-13(16-10-12-4-3-7-19-12)17-11-14(20-2)5-8-18-9-6-14;/h12H,3-11H2,1-2H3,(H2,15,16,17);1H. The van der Waals surface area contributed by atoms with E-state index in [1.807, 2.05) is 18.8 Å². The third kappa shape index (κ3) is 6.11. The molecule has 0 aromatic carbocycles. The summed E-state index contributed by atoms with van der Waals surface area (Å²) in [7, 11) is 1.82. The number of nitrogens with zero attached hydrogens (tertiary/aromatic N) is 1. The number of guanidine groups is 1. The Labute approximate surface area is 149 Å². The smallest absolute Gasteiger partial charge is 0.191 e. The molecule has 0 saturated carbocycles. The van der Waals surface area contributed by atoms with Crippen LogP contribution in [0.3, 0.4) is 0 Å². The van der Waals surface area contributed by atoms with Crippen LogP contribution in [0.5, 0.6) is 0 Å². The lowest BCUT2D eigenvalue weighted by Gasteiger charge is -2.36. The maximum atomic E-state index is 5.62. The van der Waals surface area contributed by atoms with Gasteiger partial charge in [0, 0.05) is 44.7 Å². The maximum absolute atomic E-state index is 5.62. The summed E-state index contributed by atoms with van der Waals surface area (Å²) in [5.41, 5.74) is 0. The minimum absolute atomic E-state index is 0. The molecule has 0 aromatic heterocycles. The van der Waals surface area contributed by atoms with E-state index in [-0.39, 0.29) is 28.7 Å². The van der Waals surface area contributed by atoms with E-state index in [9.17, 15) is 0 Å². The first-order valence-electron chi connectivity index (χ1n) is 7.47. The Morgan fingerprint density at radius 2 is 2.05 bits per heavy atom. The summed E-state index contributed by atoms with van der Waals surface area (Å²) in [4.78, 5) is 4.30. The Balaban J connectivity index is 0.00000220. The lowest BCUT2D eigenvalue weighted by molar-refractivity contribution is 0.0782. The zero-order chi connectivity index (χ0) is 14.3. The van der Waals surface area contributed by atoms with Crippen LogP contribution >= 0.6 is 35.7 Å². The second kappa shape index (κ2) is 10.1. The summed E-state index contributed by atoms with van der Waals surface area (Å²) < 4.78 is 11.4. The van der Waals surface area contributed by atoms with Crippen molar-refractivity contribution in [3.8, 4) is 0 Å². The van der Waals surface area contributed by atoms with Crippen molar-refractivity contribution in [2.75, 3.05) is 46.2 Å². The summed E-state index contributed by atoms with van der Waals surface area (Å²) in [6.45, 7) is 4.40. The zero-order valence-corrected chi connectivity index (χ0v) is 16.2. The van der Waals surface area contributed by atoms with Crippen molar-refractivity contribution in [2.45, 2.75) is 36.5 Å². The number of thioether (sulfide) groups is 1. The van der Waals surface area contributed by atoms with Gasteiger partial charge in [0.1, 0.15) is 0 Å². The number of aliphatic imine (C=N–C) groups is 1. The van der Waals surface area contributed by atoms with Gasteiger partial charge in [0.25, 0.3) is 0 Å². The van der Waals surface area contributed by atoms with Gasteiger partial charge < -0.3 is 20.1 Å². The Morgan fingerprint density at radius 3 is 2.62 bits per heavy atom. The molecule has 0 radical (unpaired) electrons. The number of nitrogens with one attached hydrogen (secondary N) is 2. The summed E-state index contributed by atoms with van der Waals surface area (Å²) in [5, 5.41) is 6.83. The van der Waals surface area contributed by atoms with Crippen LogP contribution < -0.4 is 10.6 Å². The van der Waals surface area contributed by atoms with Crippen LogP contribution in [0.15, 0.2) is 4.99 Å². The summed E-state index contributed by atoms with van der Waals surface area (Å²) >= 11 is 1.94. The molecule has 2 rings (SSSR count). The lowest BCUT2D eigenvalue weighted by Crippen LogP contribution is -2.49. The van der Waals surface area contributed by atoms with Crippen molar-refractivity contribution >= 4 is 41.7 Å². The Bertz CT molecular complexity index is 319. The van der Waals surface area contributed by atoms with Gasteiger partial charge in [-0.3, -0.25) is 4.99 Å². The van der Waals surface area contributed by atoms with Gasteiger partial charge in [0.05, 0.1) is 6.10 Å². The Hall–Kier alpha value is 0.270. The molecule has 0 bridgehead atoms. The zero-order valence-electron chi connectivity index (χ0n) is 13.0. The van der Waals surface area contributed by atoms with Gasteiger partial charge in [-0.25, -0.2) is 0 Å². The molecule has 0 aromatic rings. The fourth-order valence-electron chi connectivity index (χ4n) is 2.68. The molecule has 2 N–H and O–H groups in total. The minimum atomic E-state index is 0. The number of hydrogen-bond acceptors (Lipinski definition) is 4. The largest absolute Gasteiger partial charge is 0.381 e. The molecule has 21 heavy (non-hydrogen) atoms. The molecular weight excluding hydrogens is 401 g/mol. The van der Waals surface area contributed by atoms with E-state index in [4.69, 9.17) is 9.47 Å². The van der Waals surface area contributed by atoms with Gasteiger partial charge in [-0.1, -0.05) is 0 Å². The number of hydrogen-bond donors (Lipinski definition) is 2. The summed E-state index contributed by atoms with van der Waals surface area (Å²) in [6.07, 6.45) is 7.05. The van der Waals surface area contributed by atoms with Gasteiger partial charge in [-0.2, -0.15) is 11.8 Å². The van der Waals surface area contributed by atoms with E-state index < -0.39 is 0 Å². The molecule has 5 nitrogen and oxygen atoms in total. The molecule has 2 saturated heterocycles. The normalized spacial score (nSPS) is 25.2. The van der Waals surface area contributed by atoms with E-state index >= 15 is 0 Å². The van der Waals surface area contributed by atoms with Crippen LogP contribution in [0.25, 0.3) is 0 Å². The van der Waals surface area contributed by atoms with Crippen molar-refractivity contribution in [1.29, 1.82) is 0 Å². The van der Waals surface area contributed by atoms with E-state index in [2.05, 4.69) is 21.9 Å². The fraction of sp³-hybridized carbons (Fsp3) is 0.929. The fourth-order valence-corrected chi connectivity index (χ4v) is 3.47. The van der Waals surface area contributed by atoms with Crippen LogP contribution in [0.4, 0.5) is 0 Å². The number of halogens is 1. The molecule has 2 fully saturated rings. The summed E-state index contributed by atoms with van der Waals surface area (Å²) in [6, 6.07) is 0. The van der Waals surface area contributed by atoms with Gasteiger partial charge >= 0.3 is 0 Å². The predicted octanol–water partition coefficient (Wildman–Crippen LogP) is 1.86.